The van der Waals surface area contributed by atoms with Gasteiger partial charge >= 0.3 is 0 Å². The highest BCUT2D eigenvalue weighted by molar-refractivity contribution is 5.91. The first-order chi connectivity index (χ1) is 7.24. The van der Waals surface area contributed by atoms with Crippen molar-refractivity contribution in [3.05, 3.63) is 54.4 Å². The smallest absolute Gasteiger partial charge is 0.244 e. The van der Waals surface area contributed by atoms with E-state index >= 15 is 0 Å². The number of amides is 1. The summed E-state index contributed by atoms with van der Waals surface area (Å²) >= 11 is 0. The largest absolute Gasteiger partial charge is 0.349 e. The average molecular weight is 205 g/mol. The summed E-state index contributed by atoms with van der Waals surface area (Å²) in [7, 11) is 0. The predicted octanol–water partition coefficient (Wildman–Crippen LogP) is 2.14. The van der Waals surface area contributed by atoms with Crippen LogP contribution in [-0.2, 0) is 4.79 Å². The van der Waals surface area contributed by atoms with Crippen LogP contribution in [-0.4, -0.2) is 12.5 Å². The van der Waals surface area contributed by atoms with Crippen LogP contribution < -0.4 is 5.32 Å². The lowest BCUT2D eigenvalue weighted by molar-refractivity contribution is -0.116. The van der Waals surface area contributed by atoms with Crippen LogP contribution in [0.3, 0.4) is 0 Å². The van der Waals surface area contributed by atoms with Gasteiger partial charge in [0, 0.05) is 18.2 Å². The van der Waals surface area contributed by atoms with Crippen molar-refractivity contribution in [2.75, 3.05) is 6.54 Å². The molecule has 3 heteroatoms. The number of benzene rings is 1. The van der Waals surface area contributed by atoms with Gasteiger partial charge in [0.15, 0.2) is 0 Å². The molecule has 0 aromatic heterocycles. The molecule has 1 aromatic carbocycles. The minimum atomic E-state index is -0.342. The van der Waals surface area contributed by atoms with E-state index in [0.29, 0.717) is 12.1 Å². The number of rotatable bonds is 4. The molecule has 0 atom stereocenters. The third-order valence-electron chi connectivity index (χ3n) is 1.74. The van der Waals surface area contributed by atoms with E-state index in [1.54, 1.807) is 24.3 Å². The lowest BCUT2D eigenvalue weighted by Gasteiger charge is -1.96. The summed E-state index contributed by atoms with van der Waals surface area (Å²) in [6.07, 6.45) is 4.31. The van der Waals surface area contributed by atoms with E-state index in [1.807, 2.05) is 0 Å². The zero-order valence-electron chi connectivity index (χ0n) is 8.24. The second kappa shape index (κ2) is 5.75. The Kier molecular flexibility index (Phi) is 4.29. The maximum Gasteiger partial charge on any atom is 0.244 e. The van der Waals surface area contributed by atoms with Gasteiger partial charge in [0.25, 0.3) is 0 Å². The predicted molar refractivity (Wildman–Crippen MR) is 58.6 cm³/mol. The van der Waals surface area contributed by atoms with Gasteiger partial charge in [0.05, 0.1) is 0 Å². The zero-order chi connectivity index (χ0) is 11.1. The topological polar surface area (TPSA) is 29.1 Å². The number of hydrogen-bond acceptors (Lipinski definition) is 1. The lowest BCUT2D eigenvalue weighted by Crippen LogP contribution is -2.20. The molecule has 0 aliphatic carbocycles. The van der Waals surface area contributed by atoms with E-state index < -0.39 is 0 Å². The summed E-state index contributed by atoms with van der Waals surface area (Å²) in [5.74, 6) is -0.608. The van der Waals surface area contributed by atoms with Crippen molar-refractivity contribution in [1.82, 2.24) is 5.32 Å². The molecule has 0 saturated carbocycles. The summed E-state index contributed by atoms with van der Waals surface area (Å²) in [5, 5.41) is 2.56. The van der Waals surface area contributed by atoms with Crippen LogP contribution in [0.5, 0.6) is 0 Å². The normalized spacial score (nSPS) is 10.2. The number of hydrogen-bond donors (Lipinski definition) is 1. The summed E-state index contributed by atoms with van der Waals surface area (Å²) in [6, 6.07) is 6.27. The Morgan fingerprint density at radius 3 is 2.87 bits per heavy atom. The van der Waals surface area contributed by atoms with Crippen LogP contribution in [0.1, 0.15) is 5.56 Å². The fourth-order valence-electron chi connectivity index (χ4n) is 1.01. The maximum atomic E-state index is 13.1. The number of carbonyl (C=O) groups excluding carboxylic acids is 1. The van der Waals surface area contributed by atoms with Crippen molar-refractivity contribution in [1.29, 1.82) is 0 Å². The van der Waals surface area contributed by atoms with Crippen LogP contribution in [0.15, 0.2) is 43.0 Å². The number of carbonyl (C=O) groups is 1. The molecule has 0 saturated heterocycles. The van der Waals surface area contributed by atoms with Gasteiger partial charge in [-0.3, -0.25) is 4.79 Å². The van der Waals surface area contributed by atoms with Gasteiger partial charge in [0.1, 0.15) is 5.82 Å². The first-order valence-electron chi connectivity index (χ1n) is 4.55. The van der Waals surface area contributed by atoms with Crippen molar-refractivity contribution < 1.29 is 9.18 Å². The van der Waals surface area contributed by atoms with Crippen molar-refractivity contribution >= 4 is 12.0 Å². The maximum absolute atomic E-state index is 13.1. The molecule has 0 fully saturated rings. The Hall–Kier alpha value is -1.90. The van der Waals surface area contributed by atoms with Gasteiger partial charge in [-0.05, 0) is 12.1 Å². The van der Waals surface area contributed by atoms with E-state index in [1.165, 1.54) is 18.2 Å². The Labute approximate surface area is 88.1 Å². The highest BCUT2D eigenvalue weighted by atomic mass is 19.1. The monoisotopic (exact) mass is 205 g/mol. The van der Waals surface area contributed by atoms with Gasteiger partial charge in [-0.15, -0.1) is 6.58 Å². The molecule has 0 bridgehead atoms. The molecular formula is C12H12FNO. The molecule has 78 valence electrons. The molecule has 0 unspecified atom stereocenters. The first kappa shape index (κ1) is 11.2. The van der Waals surface area contributed by atoms with Crippen LogP contribution in [0.2, 0.25) is 0 Å². The standard InChI is InChI=1S/C12H12FNO/c1-2-9-14-12(15)8-7-10-5-3-4-6-11(10)13/h2-8H,1,9H2,(H,14,15)/b8-7-. The van der Waals surface area contributed by atoms with Crippen LogP contribution in [0.4, 0.5) is 4.39 Å². The molecule has 0 aliphatic rings. The molecule has 1 N–H and O–H groups in total. The van der Waals surface area contributed by atoms with E-state index in [9.17, 15) is 9.18 Å². The van der Waals surface area contributed by atoms with Crippen LogP contribution in [0, 0.1) is 5.82 Å². The average Bonchev–Trinajstić information content (AvgIpc) is 2.25. The van der Waals surface area contributed by atoms with Gasteiger partial charge < -0.3 is 5.32 Å². The molecule has 2 nitrogen and oxygen atoms in total. The van der Waals surface area contributed by atoms with Crippen molar-refractivity contribution in [2.45, 2.75) is 0 Å². The summed E-state index contributed by atoms with van der Waals surface area (Å²) in [5.41, 5.74) is 0.395. The molecule has 15 heavy (non-hydrogen) atoms. The SMILES string of the molecule is C=CCNC(=O)/C=C\c1ccccc1F. The van der Waals surface area contributed by atoms with Gasteiger partial charge in [0.2, 0.25) is 5.91 Å². The van der Waals surface area contributed by atoms with Crippen LogP contribution in [0.25, 0.3) is 6.08 Å². The van der Waals surface area contributed by atoms with E-state index in [2.05, 4.69) is 11.9 Å². The van der Waals surface area contributed by atoms with E-state index in [-0.39, 0.29) is 11.7 Å². The van der Waals surface area contributed by atoms with E-state index in [4.69, 9.17) is 0 Å². The Bertz CT molecular complexity index is 385. The molecule has 0 radical (unpaired) electrons. The first-order valence-corrected chi connectivity index (χ1v) is 4.55. The lowest BCUT2D eigenvalue weighted by atomic mass is 10.2. The second-order valence-electron chi connectivity index (χ2n) is 2.89. The molecule has 1 aromatic rings. The quantitative estimate of drug-likeness (QED) is 0.592. The number of nitrogens with one attached hydrogen (secondary N) is 1. The molecular weight excluding hydrogens is 193 g/mol. The van der Waals surface area contributed by atoms with Gasteiger partial charge in [-0.1, -0.05) is 24.3 Å². The van der Waals surface area contributed by atoms with Gasteiger partial charge in [-0.2, -0.15) is 0 Å². The summed E-state index contributed by atoms with van der Waals surface area (Å²) in [6.45, 7) is 3.87. The highest BCUT2D eigenvalue weighted by Crippen LogP contribution is 2.07. The molecule has 0 heterocycles. The molecule has 1 amide bonds. The molecule has 0 spiro atoms. The fraction of sp³-hybridized carbons (Fsp3) is 0.0833. The van der Waals surface area contributed by atoms with Gasteiger partial charge in [-0.25, -0.2) is 4.39 Å². The minimum absolute atomic E-state index is 0.266. The third kappa shape index (κ3) is 3.77. The summed E-state index contributed by atoms with van der Waals surface area (Å²) < 4.78 is 13.1. The molecule has 1 rings (SSSR count). The van der Waals surface area contributed by atoms with Crippen LogP contribution >= 0.6 is 0 Å². The van der Waals surface area contributed by atoms with E-state index in [0.717, 1.165) is 0 Å². The Morgan fingerprint density at radius 2 is 2.20 bits per heavy atom. The number of halogens is 1. The molecule has 0 aliphatic heterocycles. The third-order valence-corrected chi connectivity index (χ3v) is 1.74. The Balaban J connectivity index is 2.61. The zero-order valence-corrected chi connectivity index (χ0v) is 8.24. The van der Waals surface area contributed by atoms with Crippen molar-refractivity contribution in [3.8, 4) is 0 Å². The minimum Gasteiger partial charge on any atom is -0.349 e. The summed E-state index contributed by atoms with van der Waals surface area (Å²) in [4.78, 5) is 11.1. The van der Waals surface area contributed by atoms with Crippen molar-refractivity contribution in [2.24, 2.45) is 0 Å². The highest BCUT2D eigenvalue weighted by Gasteiger charge is 1.96. The van der Waals surface area contributed by atoms with Crippen molar-refractivity contribution in [3.63, 3.8) is 0 Å². The fourth-order valence-corrected chi connectivity index (χ4v) is 1.01. The Morgan fingerprint density at radius 1 is 1.47 bits per heavy atom. The second-order valence-corrected chi connectivity index (χ2v) is 2.89.